The first-order valence-corrected chi connectivity index (χ1v) is 14.4. The Bertz CT molecular complexity index is 1240. The highest BCUT2D eigenvalue weighted by atomic mass is 16.7. The van der Waals surface area contributed by atoms with Gasteiger partial charge in [0, 0.05) is 44.5 Å². The van der Waals surface area contributed by atoms with Crippen molar-refractivity contribution in [2.24, 2.45) is 0 Å². The number of aliphatic hydroxyl groups excluding tert-OH is 1. The van der Waals surface area contributed by atoms with Gasteiger partial charge in [0.1, 0.15) is 5.75 Å². The highest BCUT2D eigenvalue weighted by Crippen LogP contribution is 2.32. The SMILES string of the molecule is CC1(C)OCc2cc([C@@H](O)CNCCCCCCOCCC#Cc3cccc(CN4C(=O)CNC4=O)c3)ccc2O1. The van der Waals surface area contributed by atoms with Gasteiger partial charge in [-0.1, -0.05) is 42.9 Å². The summed E-state index contributed by atoms with van der Waals surface area (Å²) in [5.41, 5.74) is 3.55. The molecule has 0 bridgehead atoms. The van der Waals surface area contributed by atoms with Crippen LogP contribution in [0.25, 0.3) is 0 Å². The zero-order valence-corrected chi connectivity index (χ0v) is 24.0. The number of unbranched alkanes of at least 4 members (excludes halogenated alkanes) is 3. The van der Waals surface area contributed by atoms with E-state index in [0.717, 1.165) is 66.8 Å². The van der Waals surface area contributed by atoms with Gasteiger partial charge in [0.05, 0.1) is 32.4 Å². The number of hydrogen-bond donors (Lipinski definition) is 3. The van der Waals surface area contributed by atoms with Gasteiger partial charge in [-0.05, 0) is 54.8 Å². The van der Waals surface area contributed by atoms with Crippen LogP contribution in [0.15, 0.2) is 42.5 Å². The number of benzene rings is 2. The summed E-state index contributed by atoms with van der Waals surface area (Å²) >= 11 is 0. The summed E-state index contributed by atoms with van der Waals surface area (Å²) in [6.45, 7) is 7.26. The van der Waals surface area contributed by atoms with Crippen molar-refractivity contribution in [3.63, 3.8) is 0 Å². The average molecular weight is 564 g/mol. The van der Waals surface area contributed by atoms with E-state index in [1.807, 2.05) is 56.3 Å². The van der Waals surface area contributed by atoms with Gasteiger partial charge in [-0.2, -0.15) is 0 Å². The molecule has 1 atom stereocenters. The fraction of sp³-hybridized carbons (Fsp3) is 0.500. The molecule has 9 nitrogen and oxygen atoms in total. The second kappa shape index (κ2) is 15.0. The Hall–Kier alpha value is -3.42. The summed E-state index contributed by atoms with van der Waals surface area (Å²) in [5, 5.41) is 16.4. The van der Waals surface area contributed by atoms with E-state index in [4.69, 9.17) is 14.2 Å². The molecule has 9 heteroatoms. The van der Waals surface area contributed by atoms with Crippen molar-refractivity contribution in [2.45, 2.75) is 71.0 Å². The highest BCUT2D eigenvalue weighted by molar-refractivity contribution is 6.01. The molecule has 0 unspecified atom stereocenters. The van der Waals surface area contributed by atoms with E-state index < -0.39 is 11.9 Å². The van der Waals surface area contributed by atoms with E-state index in [0.29, 0.717) is 26.2 Å². The number of carbonyl (C=O) groups excluding carboxylic acids is 2. The molecule has 1 saturated heterocycles. The molecule has 2 aromatic rings. The Morgan fingerprint density at radius 1 is 1.12 bits per heavy atom. The zero-order valence-electron chi connectivity index (χ0n) is 24.0. The molecule has 0 aliphatic carbocycles. The van der Waals surface area contributed by atoms with Gasteiger partial charge in [-0.25, -0.2) is 4.79 Å². The van der Waals surface area contributed by atoms with Crippen LogP contribution >= 0.6 is 0 Å². The van der Waals surface area contributed by atoms with Gasteiger partial charge in [-0.3, -0.25) is 9.69 Å². The summed E-state index contributed by atoms with van der Waals surface area (Å²) in [7, 11) is 0. The quantitative estimate of drug-likeness (QED) is 0.181. The lowest BCUT2D eigenvalue weighted by atomic mass is 10.0. The third kappa shape index (κ3) is 9.58. The lowest BCUT2D eigenvalue weighted by molar-refractivity contribution is -0.180. The zero-order chi connectivity index (χ0) is 29.1. The number of carbonyl (C=O) groups is 2. The molecule has 3 amide bonds. The predicted molar refractivity (Wildman–Crippen MR) is 155 cm³/mol. The number of rotatable bonds is 14. The highest BCUT2D eigenvalue weighted by Gasteiger charge is 2.29. The first kappa shape index (κ1) is 30.5. The molecular formula is C32H41N3O6. The van der Waals surface area contributed by atoms with E-state index >= 15 is 0 Å². The van der Waals surface area contributed by atoms with E-state index in [1.54, 1.807) is 0 Å². The van der Waals surface area contributed by atoms with Crippen LogP contribution in [0.5, 0.6) is 5.75 Å². The number of amides is 3. The van der Waals surface area contributed by atoms with Crippen molar-refractivity contribution in [3.05, 3.63) is 64.7 Å². The Balaban J connectivity index is 1.00. The largest absolute Gasteiger partial charge is 0.463 e. The third-order valence-corrected chi connectivity index (χ3v) is 6.94. The van der Waals surface area contributed by atoms with E-state index in [2.05, 4.69) is 22.5 Å². The number of imide groups is 1. The maximum atomic E-state index is 11.8. The van der Waals surface area contributed by atoms with Gasteiger partial charge >= 0.3 is 6.03 Å². The Morgan fingerprint density at radius 2 is 1.98 bits per heavy atom. The summed E-state index contributed by atoms with van der Waals surface area (Å²) in [6.07, 6.45) is 4.34. The molecule has 2 aliphatic rings. The van der Waals surface area contributed by atoms with Crippen LogP contribution < -0.4 is 15.4 Å². The van der Waals surface area contributed by atoms with Gasteiger partial charge < -0.3 is 30.0 Å². The molecule has 2 aromatic carbocycles. The summed E-state index contributed by atoms with van der Waals surface area (Å²) in [5.74, 6) is 6.24. The maximum absolute atomic E-state index is 11.8. The van der Waals surface area contributed by atoms with Crippen LogP contribution in [-0.2, 0) is 27.4 Å². The van der Waals surface area contributed by atoms with Crippen LogP contribution in [-0.4, -0.2) is 60.6 Å². The molecule has 220 valence electrons. The number of ether oxygens (including phenoxy) is 3. The van der Waals surface area contributed by atoms with E-state index in [9.17, 15) is 14.7 Å². The first-order valence-electron chi connectivity index (χ1n) is 14.4. The topological polar surface area (TPSA) is 109 Å². The van der Waals surface area contributed by atoms with Crippen LogP contribution in [0.2, 0.25) is 0 Å². The number of urea groups is 1. The number of fused-ring (bicyclic) bond motifs is 1. The van der Waals surface area contributed by atoms with Crippen molar-refractivity contribution in [3.8, 4) is 17.6 Å². The second-order valence-electron chi connectivity index (χ2n) is 10.8. The van der Waals surface area contributed by atoms with Gasteiger partial charge in [0.2, 0.25) is 11.7 Å². The average Bonchev–Trinajstić information content (AvgIpc) is 3.27. The molecule has 1 fully saturated rings. The molecule has 4 rings (SSSR count). The smallest absolute Gasteiger partial charge is 0.324 e. The van der Waals surface area contributed by atoms with Crippen molar-refractivity contribution in [2.75, 3.05) is 32.8 Å². The lowest BCUT2D eigenvalue weighted by Crippen LogP contribution is -2.35. The van der Waals surface area contributed by atoms with E-state index in [-0.39, 0.29) is 25.0 Å². The standard InChI is InChI=1S/C32H41N3O6/c1-32(2)40-23-27-19-26(13-14-29(27)41-32)28(36)20-33-15-6-3-4-7-16-39-17-8-5-10-24-11-9-12-25(18-24)22-35-30(37)21-34-31(35)38/h9,11-14,18-19,28,33,36H,3-4,6-8,15-17,20-23H2,1-2H3,(H,34,38)/t28-/m0/s1. The minimum absolute atomic E-state index is 0.0595. The number of hydrogen-bond acceptors (Lipinski definition) is 7. The lowest BCUT2D eigenvalue weighted by Gasteiger charge is -2.33. The van der Waals surface area contributed by atoms with Gasteiger partial charge in [-0.15, -0.1) is 0 Å². The molecule has 2 heterocycles. The minimum atomic E-state index is -0.619. The molecule has 0 spiro atoms. The summed E-state index contributed by atoms with van der Waals surface area (Å²) in [6, 6.07) is 13.0. The van der Waals surface area contributed by atoms with Crippen molar-refractivity contribution >= 4 is 11.9 Å². The normalized spacial score (nSPS) is 16.4. The van der Waals surface area contributed by atoms with Crippen LogP contribution in [0.4, 0.5) is 4.79 Å². The molecule has 41 heavy (non-hydrogen) atoms. The van der Waals surface area contributed by atoms with Gasteiger partial charge in [0.25, 0.3) is 0 Å². The molecule has 3 N–H and O–H groups in total. The Morgan fingerprint density at radius 3 is 2.80 bits per heavy atom. The van der Waals surface area contributed by atoms with Crippen molar-refractivity contribution < 1.29 is 28.9 Å². The maximum Gasteiger partial charge on any atom is 0.324 e. The van der Waals surface area contributed by atoms with Crippen molar-refractivity contribution in [1.82, 2.24) is 15.5 Å². The first-order chi connectivity index (χ1) is 19.8. The van der Waals surface area contributed by atoms with Gasteiger partial charge in [0.15, 0.2) is 0 Å². The van der Waals surface area contributed by atoms with Crippen molar-refractivity contribution in [1.29, 1.82) is 0 Å². The Kier molecular flexibility index (Phi) is 11.2. The third-order valence-electron chi connectivity index (χ3n) is 6.94. The predicted octanol–water partition coefficient (Wildman–Crippen LogP) is 4.03. The second-order valence-corrected chi connectivity index (χ2v) is 10.8. The summed E-state index contributed by atoms with van der Waals surface area (Å²) in [4.78, 5) is 24.7. The summed E-state index contributed by atoms with van der Waals surface area (Å²) < 4.78 is 17.2. The Labute approximate surface area is 242 Å². The minimum Gasteiger partial charge on any atom is -0.463 e. The molecular weight excluding hydrogens is 522 g/mol. The monoisotopic (exact) mass is 563 g/mol. The molecule has 0 saturated carbocycles. The van der Waals surface area contributed by atoms with E-state index in [1.165, 1.54) is 4.90 Å². The number of aliphatic hydroxyl groups is 1. The molecule has 0 aromatic heterocycles. The molecule has 0 radical (unpaired) electrons. The number of nitrogens with zero attached hydrogens (tertiary/aromatic N) is 1. The molecule has 2 aliphatic heterocycles. The fourth-order valence-corrected chi connectivity index (χ4v) is 4.66. The number of nitrogens with one attached hydrogen (secondary N) is 2. The van der Waals surface area contributed by atoms with Crippen LogP contribution in [0.1, 0.15) is 74.3 Å². The van der Waals surface area contributed by atoms with Crippen LogP contribution in [0, 0.1) is 11.8 Å². The van der Waals surface area contributed by atoms with Crippen LogP contribution in [0.3, 0.4) is 0 Å². The fourth-order valence-electron chi connectivity index (χ4n) is 4.66.